The molecule has 0 radical (unpaired) electrons. The highest BCUT2D eigenvalue weighted by Gasteiger charge is 2.15. The third-order valence-electron chi connectivity index (χ3n) is 2.23. The molecule has 100 valence electrons. The second kappa shape index (κ2) is 5.77. The van der Waals surface area contributed by atoms with Crippen molar-refractivity contribution in [3.63, 3.8) is 0 Å². The standard InChI is InChI=1S/C11H10ClN3O2S2/c1-18-9-4-2-3-8(5-9)15-19(16,17)10-6-13-11(12)14-7-10/h2-7,15H,1H3. The Labute approximate surface area is 120 Å². The van der Waals surface area contributed by atoms with Gasteiger partial charge in [0.25, 0.3) is 10.0 Å². The van der Waals surface area contributed by atoms with Gasteiger partial charge in [0.1, 0.15) is 4.90 Å². The summed E-state index contributed by atoms with van der Waals surface area (Å²) in [4.78, 5) is 8.23. The molecule has 19 heavy (non-hydrogen) atoms. The molecule has 0 saturated carbocycles. The molecule has 0 unspecified atom stereocenters. The van der Waals surface area contributed by atoms with E-state index >= 15 is 0 Å². The van der Waals surface area contributed by atoms with Gasteiger partial charge in [-0.25, -0.2) is 18.4 Å². The lowest BCUT2D eigenvalue weighted by molar-refractivity contribution is 0.600. The Kier molecular flexibility index (Phi) is 4.28. The van der Waals surface area contributed by atoms with Crippen LogP contribution in [-0.2, 0) is 10.0 Å². The van der Waals surface area contributed by atoms with Crippen LogP contribution in [0.3, 0.4) is 0 Å². The van der Waals surface area contributed by atoms with Crippen molar-refractivity contribution < 1.29 is 8.42 Å². The molecule has 1 N–H and O–H groups in total. The molecule has 8 heteroatoms. The summed E-state index contributed by atoms with van der Waals surface area (Å²) in [6.45, 7) is 0. The van der Waals surface area contributed by atoms with Gasteiger partial charge in [-0.3, -0.25) is 4.72 Å². The number of rotatable bonds is 4. The third kappa shape index (κ3) is 3.59. The SMILES string of the molecule is CSc1cccc(NS(=O)(=O)c2cnc(Cl)nc2)c1. The Morgan fingerprint density at radius 1 is 1.26 bits per heavy atom. The normalized spacial score (nSPS) is 11.3. The number of aromatic nitrogens is 2. The van der Waals surface area contributed by atoms with Crippen LogP contribution < -0.4 is 4.72 Å². The van der Waals surface area contributed by atoms with Crippen molar-refractivity contribution >= 4 is 39.1 Å². The molecule has 2 rings (SSSR count). The molecule has 1 aromatic heterocycles. The van der Waals surface area contributed by atoms with Gasteiger partial charge >= 0.3 is 0 Å². The van der Waals surface area contributed by atoms with E-state index in [4.69, 9.17) is 11.6 Å². The summed E-state index contributed by atoms with van der Waals surface area (Å²) < 4.78 is 26.6. The van der Waals surface area contributed by atoms with Crippen LogP contribution in [0.2, 0.25) is 5.28 Å². The summed E-state index contributed by atoms with van der Waals surface area (Å²) in [6.07, 6.45) is 4.24. The summed E-state index contributed by atoms with van der Waals surface area (Å²) in [7, 11) is -3.70. The van der Waals surface area contributed by atoms with Crippen molar-refractivity contribution in [1.82, 2.24) is 9.97 Å². The highest BCUT2D eigenvalue weighted by Crippen LogP contribution is 2.21. The summed E-state index contributed by atoms with van der Waals surface area (Å²) >= 11 is 7.05. The van der Waals surface area contributed by atoms with Gasteiger partial charge in [0.05, 0.1) is 12.4 Å². The molecule has 0 aliphatic rings. The van der Waals surface area contributed by atoms with Crippen LogP contribution in [-0.4, -0.2) is 24.6 Å². The average Bonchev–Trinajstić information content (AvgIpc) is 2.39. The van der Waals surface area contributed by atoms with Gasteiger partial charge in [-0.2, -0.15) is 0 Å². The van der Waals surface area contributed by atoms with Crippen LogP contribution in [0.1, 0.15) is 0 Å². The van der Waals surface area contributed by atoms with Gasteiger partial charge in [0.15, 0.2) is 0 Å². The van der Waals surface area contributed by atoms with Crippen LogP contribution in [0.25, 0.3) is 0 Å². The number of hydrogen-bond acceptors (Lipinski definition) is 5. The fourth-order valence-corrected chi connectivity index (χ4v) is 2.83. The first kappa shape index (κ1) is 14.1. The fraction of sp³-hybridized carbons (Fsp3) is 0.0909. The van der Waals surface area contributed by atoms with Crippen LogP contribution in [0, 0.1) is 0 Å². The van der Waals surface area contributed by atoms with Gasteiger partial charge in [0, 0.05) is 10.6 Å². The van der Waals surface area contributed by atoms with Crippen molar-refractivity contribution in [3.05, 3.63) is 41.9 Å². The number of benzene rings is 1. The number of halogens is 1. The molecule has 1 aromatic carbocycles. The molecule has 0 saturated heterocycles. The maximum atomic E-state index is 12.1. The van der Waals surface area contributed by atoms with Gasteiger partial charge in [0.2, 0.25) is 5.28 Å². The summed E-state index contributed by atoms with van der Waals surface area (Å²) in [5, 5.41) is 0.00308. The van der Waals surface area contributed by atoms with E-state index in [0.717, 1.165) is 17.3 Å². The van der Waals surface area contributed by atoms with E-state index in [0.29, 0.717) is 5.69 Å². The summed E-state index contributed by atoms with van der Waals surface area (Å²) in [5.74, 6) is 0. The van der Waals surface area contributed by atoms with Crippen LogP contribution in [0.15, 0.2) is 46.5 Å². The van der Waals surface area contributed by atoms with E-state index in [9.17, 15) is 8.42 Å². The Morgan fingerprint density at radius 2 is 1.95 bits per heavy atom. The summed E-state index contributed by atoms with van der Waals surface area (Å²) in [6, 6.07) is 7.10. The van der Waals surface area contributed by atoms with Gasteiger partial charge in [-0.05, 0) is 36.1 Å². The molecule has 2 aromatic rings. The Hall–Kier alpha value is -1.31. The van der Waals surface area contributed by atoms with Crippen molar-refractivity contribution in [2.75, 3.05) is 11.0 Å². The lowest BCUT2D eigenvalue weighted by atomic mass is 10.3. The van der Waals surface area contributed by atoms with Gasteiger partial charge in [-0.1, -0.05) is 6.07 Å². The monoisotopic (exact) mass is 315 g/mol. The largest absolute Gasteiger partial charge is 0.279 e. The predicted molar refractivity (Wildman–Crippen MR) is 76.1 cm³/mol. The number of nitrogens with one attached hydrogen (secondary N) is 1. The fourth-order valence-electron chi connectivity index (χ4n) is 1.34. The van der Waals surface area contributed by atoms with Crippen molar-refractivity contribution in [1.29, 1.82) is 0 Å². The van der Waals surface area contributed by atoms with Crippen LogP contribution in [0.4, 0.5) is 5.69 Å². The maximum Gasteiger partial charge on any atom is 0.264 e. The van der Waals surface area contributed by atoms with Crippen LogP contribution >= 0.6 is 23.4 Å². The van der Waals surface area contributed by atoms with Crippen molar-refractivity contribution in [2.24, 2.45) is 0 Å². The number of anilines is 1. The van der Waals surface area contributed by atoms with Crippen LogP contribution in [0.5, 0.6) is 0 Å². The molecule has 0 fully saturated rings. The lowest BCUT2D eigenvalue weighted by Gasteiger charge is -2.08. The molecule has 0 aliphatic heterocycles. The molecular weight excluding hydrogens is 306 g/mol. The first-order valence-corrected chi connectivity index (χ1v) is 8.24. The minimum absolute atomic E-state index is 0.00308. The molecule has 1 heterocycles. The van der Waals surface area contributed by atoms with E-state index in [-0.39, 0.29) is 10.2 Å². The van der Waals surface area contributed by atoms with Crippen molar-refractivity contribution in [3.8, 4) is 0 Å². The van der Waals surface area contributed by atoms with E-state index in [1.807, 2.05) is 12.3 Å². The Morgan fingerprint density at radius 3 is 2.58 bits per heavy atom. The zero-order valence-corrected chi connectivity index (χ0v) is 12.3. The molecule has 0 aliphatic carbocycles. The number of nitrogens with zero attached hydrogens (tertiary/aromatic N) is 2. The first-order chi connectivity index (χ1) is 9.01. The topological polar surface area (TPSA) is 72.0 Å². The minimum atomic E-state index is -3.70. The molecule has 0 amide bonds. The number of thioether (sulfide) groups is 1. The minimum Gasteiger partial charge on any atom is -0.279 e. The highest BCUT2D eigenvalue weighted by atomic mass is 35.5. The average molecular weight is 316 g/mol. The summed E-state index contributed by atoms with van der Waals surface area (Å²) in [5.41, 5.74) is 0.488. The zero-order valence-electron chi connectivity index (χ0n) is 9.87. The highest BCUT2D eigenvalue weighted by molar-refractivity contribution is 7.98. The number of hydrogen-bond donors (Lipinski definition) is 1. The second-order valence-corrected chi connectivity index (χ2v) is 6.43. The van der Waals surface area contributed by atoms with E-state index in [1.165, 1.54) is 11.8 Å². The van der Waals surface area contributed by atoms with Gasteiger partial charge < -0.3 is 0 Å². The quantitative estimate of drug-likeness (QED) is 0.693. The molecular formula is C11H10ClN3O2S2. The molecule has 0 bridgehead atoms. The van der Waals surface area contributed by atoms with E-state index in [1.54, 1.807) is 18.2 Å². The smallest absolute Gasteiger partial charge is 0.264 e. The maximum absolute atomic E-state index is 12.1. The number of sulfonamides is 1. The van der Waals surface area contributed by atoms with Gasteiger partial charge in [-0.15, -0.1) is 11.8 Å². The third-order valence-corrected chi connectivity index (χ3v) is 4.49. The zero-order chi connectivity index (χ0) is 13.9. The van der Waals surface area contributed by atoms with E-state index in [2.05, 4.69) is 14.7 Å². The van der Waals surface area contributed by atoms with Crippen molar-refractivity contribution in [2.45, 2.75) is 9.79 Å². The Bertz CT molecular complexity index is 675. The molecule has 0 spiro atoms. The molecule has 5 nitrogen and oxygen atoms in total. The lowest BCUT2D eigenvalue weighted by Crippen LogP contribution is -2.13. The first-order valence-electron chi connectivity index (χ1n) is 5.16. The Balaban J connectivity index is 2.28. The second-order valence-electron chi connectivity index (χ2n) is 3.53. The molecule has 0 atom stereocenters. The van der Waals surface area contributed by atoms with E-state index < -0.39 is 10.0 Å². The predicted octanol–water partition coefficient (Wildman–Crippen LogP) is 2.65.